The minimum Gasteiger partial charge on any atom is -0.365 e. The van der Waals surface area contributed by atoms with E-state index >= 15 is 0 Å². The van der Waals surface area contributed by atoms with Crippen molar-refractivity contribution in [2.45, 2.75) is 84.6 Å². The number of nitrogens with two attached hydrogens (primary N) is 1. The van der Waals surface area contributed by atoms with Crippen molar-refractivity contribution in [2.75, 3.05) is 13.1 Å². The molecule has 2 aliphatic carbocycles. The number of nitrogens with zero attached hydrogens (tertiary/aromatic N) is 1. The van der Waals surface area contributed by atoms with Crippen LogP contribution in [0.3, 0.4) is 0 Å². The Bertz CT molecular complexity index is 770. The third kappa shape index (κ3) is 3.90. The predicted molar refractivity (Wildman–Crippen MR) is 127 cm³/mol. The number of hydrogen-bond acceptors (Lipinski definition) is 2. The Morgan fingerprint density at radius 1 is 1.00 bits per heavy atom. The minimum atomic E-state index is 0.0993. The van der Waals surface area contributed by atoms with Crippen molar-refractivity contribution in [3.05, 3.63) is 35.9 Å². The lowest BCUT2D eigenvalue weighted by molar-refractivity contribution is 0.00795. The Hall–Kier alpha value is -0.930. The Morgan fingerprint density at radius 2 is 1.69 bits per heavy atom. The van der Waals surface area contributed by atoms with Crippen LogP contribution in [-0.2, 0) is 5.41 Å². The number of benzene rings is 1. The molecule has 0 aromatic heterocycles. The van der Waals surface area contributed by atoms with Crippen molar-refractivity contribution >= 4 is 17.2 Å². The Morgan fingerprint density at radius 3 is 2.34 bits per heavy atom. The van der Waals surface area contributed by atoms with Crippen LogP contribution in [0.2, 0.25) is 0 Å². The largest absolute Gasteiger partial charge is 0.365 e. The van der Waals surface area contributed by atoms with Crippen LogP contribution in [0.5, 0.6) is 0 Å². The number of hydrogen-bond donors (Lipinski definition) is 1. The van der Waals surface area contributed by atoms with Gasteiger partial charge in [-0.1, -0.05) is 77.2 Å². The lowest BCUT2D eigenvalue weighted by Gasteiger charge is -2.59. The maximum atomic E-state index is 6.42. The fourth-order valence-electron chi connectivity index (χ4n) is 7.41. The molecule has 4 atom stereocenters. The van der Waals surface area contributed by atoms with Gasteiger partial charge in [0.05, 0.1) is 4.99 Å². The standard InChI is InChI=1S/C26H40N2S/c1-23(2)13-19-14-25(5,22(29)28-12-11-21(27)24(3,4)18-28)17-26(15-19,16-23)20-9-7-6-8-10-20/h6-10,19,21H,11-18,27H2,1-5H3. The molecule has 4 rings (SSSR count). The third-order valence-corrected chi connectivity index (χ3v) is 9.06. The molecule has 4 unspecified atom stereocenters. The van der Waals surface area contributed by atoms with E-state index in [1.54, 1.807) is 0 Å². The highest BCUT2D eigenvalue weighted by molar-refractivity contribution is 7.80. The fraction of sp³-hybridized carbons (Fsp3) is 0.731. The second kappa shape index (κ2) is 7.05. The molecular formula is C26H40N2S. The first-order chi connectivity index (χ1) is 13.4. The van der Waals surface area contributed by atoms with Gasteiger partial charge in [-0.2, -0.15) is 0 Å². The Kier molecular flexibility index (Phi) is 5.18. The van der Waals surface area contributed by atoms with Crippen LogP contribution in [-0.4, -0.2) is 29.0 Å². The Balaban J connectivity index is 1.66. The molecule has 0 spiro atoms. The van der Waals surface area contributed by atoms with E-state index in [2.05, 4.69) is 69.9 Å². The van der Waals surface area contributed by atoms with Gasteiger partial charge in [0.2, 0.25) is 0 Å². The molecule has 29 heavy (non-hydrogen) atoms. The first-order valence-electron chi connectivity index (χ1n) is 11.6. The molecule has 1 aromatic carbocycles. The topological polar surface area (TPSA) is 29.3 Å². The number of rotatable bonds is 2. The lowest BCUT2D eigenvalue weighted by atomic mass is 9.47. The first-order valence-corrected chi connectivity index (χ1v) is 12.0. The smallest absolute Gasteiger partial charge is 0.0839 e. The van der Waals surface area contributed by atoms with E-state index in [1.165, 1.54) is 42.7 Å². The van der Waals surface area contributed by atoms with Crippen molar-refractivity contribution in [1.82, 2.24) is 4.90 Å². The van der Waals surface area contributed by atoms with Gasteiger partial charge in [0.1, 0.15) is 0 Å². The van der Waals surface area contributed by atoms with Crippen molar-refractivity contribution in [2.24, 2.45) is 27.9 Å². The summed E-state index contributed by atoms with van der Waals surface area (Å²) >= 11 is 6.27. The van der Waals surface area contributed by atoms with Gasteiger partial charge in [-0.15, -0.1) is 0 Å². The molecule has 2 bridgehead atoms. The van der Waals surface area contributed by atoms with Crippen LogP contribution >= 0.6 is 12.2 Å². The zero-order valence-corrected chi connectivity index (χ0v) is 19.9. The SMILES string of the molecule is CC1(C)CC2CC(C)(C(=S)N3CCC(N)C(C)(C)C3)CC(c3ccccc3)(C2)C1. The normalized spacial score (nSPS) is 38.5. The Labute approximate surface area is 183 Å². The predicted octanol–water partition coefficient (Wildman–Crippen LogP) is 5.94. The molecular weight excluding hydrogens is 372 g/mol. The summed E-state index contributed by atoms with van der Waals surface area (Å²) in [5.41, 5.74) is 8.84. The molecule has 1 aromatic rings. The van der Waals surface area contributed by atoms with Crippen molar-refractivity contribution < 1.29 is 0 Å². The molecule has 1 saturated heterocycles. The van der Waals surface area contributed by atoms with Gasteiger partial charge in [-0.05, 0) is 66.3 Å². The average molecular weight is 413 g/mol. The van der Waals surface area contributed by atoms with Gasteiger partial charge in [-0.3, -0.25) is 0 Å². The highest BCUT2D eigenvalue weighted by Crippen LogP contribution is 2.61. The summed E-state index contributed by atoms with van der Waals surface area (Å²) in [6, 6.07) is 11.6. The van der Waals surface area contributed by atoms with Gasteiger partial charge >= 0.3 is 0 Å². The number of fused-ring (bicyclic) bond motifs is 2. The molecule has 2 saturated carbocycles. The lowest BCUT2D eigenvalue weighted by Crippen LogP contribution is -2.58. The average Bonchev–Trinajstić information content (AvgIpc) is 2.62. The summed E-state index contributed by atoms with van der Waals surface area (Å²) in [5.74, 6) is 0.760. The molecule has 3 heteroatoms. The quantitative estimate of drug-likeness (QED) is 0.610. The van der Waals surface area contributed by atoms with Crippen LogP contribution in [0.4, 0.5) is 0 Å². The summed E-state index contributed by atoms with van der Waals surface area (Å²) in [7, 11) is 0. The van der Waals surface area contributed by atoms with Crippen LogP contribution < -0.4 is 5.73 Å². The van der Waals surface area contributed by atoms with Gasteiger partial charge in [-0.25, -0.2) is 0 Å². The van der Waals surface area contributed by atoms with Crippen LogP contribution in [0, 0.1) is 22.2 Å². The highest BCUT2D eigenvalue weighted by Gasteiger charge is 2.55. The zero-order valence-electron chi connectivity index (χ0n) is 19.1. The van der Waals surface area contributed by atoms with Crippen LogP contribution in [0.15, 0.2) is 30.3 Å². The summed E-state index contributed by atoms with van der Waals surface area (Å²) in [5, 5.41) is 0. The maximum absolute atomic E-state index is 6.42. The molecule has 3 fully saturated rings. The summed E-state index contributed by atoms with van der Waals surface area (Å²) in [6.45, 7) is 14.1. The second-order valence-corrected chi connectivity index (χ2v) is 12.7. The van der Waals surface area contributed by atoms with E-state index in [1.807, 2.05) is 0 Å². The van der Waals surface area contributed by atoms with Crippen molar-refractivity contribution in [3.63, 3.8) is 0 Å². The van der Waals surface area contributed by atoms with Crippen molar-refractivity contribution in [3.8, 4) is 0 Å². The number of thiocarbonyl (C=S) groups is 1. The second-order valence-electron chi connectivity index (χ2n) is 12.3. The van der Waals surface area contributed by atoms with Crippen LogP contribution in [0.25, 0.3) is 0 Å². The highest BCUT2D eigenvalue weighted by atomic mass is 32.1. The summed E-state index contributed by atoms with van der Waals surface area (Å²) < 4.78 is 0. The van der Waals surface area contributed by atoms with E-state index in [0.717, 1.165) is 25.4 Å². The monoisotopic (exact) mass is 412 g/mol. The summed E-state index contributed by atoms with van der Waals surface area (Å²) in [4.78, 5) is 3.73. The van der Waals surface area contributed by atoms with E-state index in [-0.39, 0.29) is 22.3 Å². The van der Waals surface area contributed by atoms with E-state index < -0.39 is 0 Å². The first kappa shape index (κ1) is 21.3. The zero-order chi connectivity index (χ0) is 21.1. The third-order valence-electron chi connectivity index (χ3n) is 8.31. The number of likely N-dealkylation sites (tertiary alicyclic amines) is 1. The van der Waals surface area contributed by atoms with Gasteiger partial charge in [0, 0.05) is 24.5 Å². The molecule has 0 radical (unpaired) electrons. The number of piperidine rings is 1. The molecule has 0 amide bonds. The van der Waals surface area contributed by atoms with Gasteiger partial charge in [0.25, 0.3) is 0 Å². The molecule has 1 heterocycles. The molecule has 1 aliphatic heterocycles. The van der Waals surface area contributed by atoms with E-state index in [0.29, 0.717) is 5.41 Å². The van der Waals surface area contributed by atoms with Gasteiger partial charge in [0.15, 0.2) is 0 Å². The van der Waals surface area contributed by atoms with Crippen molar-refractivity contribution in [1.29, 1.82) is 0 Å². The fourth-order valence-corrected chi connectivity index (χ4v) is 7.72. The van der Waals surface area contributed by atoms with Crippen LogP contribution in [0.1, 0.15) is 78.7 Å². The minimum absolute atomic E-state index is 0.0993. The van der Waals surface area contributed by atoms with E-state index in [9.17, 15) is 0 Å². The van der Waals surface area contributed by atoms with Gasteiger partial charge < -0.3 is 10.6 Å². The maximum Gasteiger partial charge on any atom is 0.0839 e. The van der Waals surface area contributed by atoms with E-state index in [4.69, 9.17) is 18.0 Å². The molecule has 2 N–H and O–H groups in total. The molecule has 160 valence electrons. The summed E-state index contributed by atoms with van der Waals surface area (Å²) in [6.07, 6.45) is 7.41. The molecule has 2 nitrogen and oxygen atoms in total. The molecule has 3 aliphatic rings.